The number of nitrogens with one attached hydrogen (secondary N) is 1. The second-order valence-corrected chi connectivity index (χ2v) is 5.31. The average molecular weight is 318 g/mol. The summed E-state index contributed by atoms with van der Waals surface area (Å²) in [6.07, 6.45) is 5.83. The van der Waals surface area contributed by atoms with E-state index in [1.165, 1.54) is 0 Å². The lowest BCUT2D eigenvalue weighted by molar-refractivity contribution is -0.121. The highest BCUT2D eigenvalue weighted by Gasteiger charge is 2.10. The summed E-state index contributed by atoms with van der Waals surface area (Å²) in [5.74, 6) is 1.18. The highest BCUT2D eigenvalue weighted by Crippen LogP contribution is 2.10. The molecular formula is C16H22N4O3. The summed E-state index contributed by atoms with van der Waals surface area (Å²) in [6, 6.07) is 3.45. The van der Waals surface area contributed by atoms with Crippen LogP contribution in [0.3, 0.4) is 0 Å². The van der Waals surface area contributed by atoms with Crippen molar-refractivity contribution in [1.29, 1.82) is 0 Å². The minimum Gasteiger partial charge on any atom is -0.387 e. The quantitative estimate of drug-likeness (QED) is 0.728. The van der Waals surface area contributed by atoms with E-state index in [0.29, 0.717) is 31.0 Å². The number of aromatic nitrogens is 3. The Balaban J connectivity index is 1.65. The van der Waals surface area contributed by atoms with E-state index in [1.807, 2.05) is 0 Å². The number of nitrogens with zero attached hydrogens (tertiary/aromatic N) is 3. The van der Waals surface area contributed by atoms with Gasteiger partial charge in [0.1, 0.15) is 0 Å². The molecule has 7 nitrogen and oxygen atoms in total. The SMILES string of the molecule is CCCc1noc(CCCC(=O)NC[C@@H](O)c2ccncc2)n1. The zero-order valence-electron chi connectivity index (χ0n) is 13.2. The minimum absolute atomic E-state index is 0.105. The maximum absolute atomic E-state index is 11.8. The summed E-state index contributed by atoms with van der Waals surface area (Å²) in [5, 5.41) is 16.5. The standard InChI is InChI=1S/C16H22N4O3/c1-2-4-14-19-16(23-20-14)6-3-5-15(22)18-11-13(21)12-7-9-17-10-8-12/h7-10,13,21H,2-6,11H2,1H3,(H,18,22)/t13-/m1/s1. The van der Waals surface area contributed by atoms with Crippen LogP contribution in [0.2, 0.25) is 0 Å². The van der Waals surface area contributed by atoms with Crippen molar-refractivity contribution in [2.24, 2.45) is 0 Å². The molecule has 0 aliphatic carbocycles. The van der Waals surface area contributed by atoms with Crippen molar-refractivity contribution >= 4 is 5.91 Å². The molecule has 0 spiro atoms. The normalized spacial score (nSPS) is 12.1. The van der Waals surface area contributed by atoms with Crippen molar-refractivity contribution in [1.82, 2.24) is 20.4 Å². The lowest BCUT2D eigenvalue weighted by Crippen LogP contribution is -2.28. The number of carbonyl (C=O) groups is 1. The van der Waals surface area contributed by atoms with Gasteiger partial charge in [-0.3, -0.25) is 9.78 Å². The Bertz CT molecular complexity index is 600. The maximum atomic E-state index is 11.8. The highest BCUT2D eigenvalue weighted by molar-refractivity contribution is 5.75. The summed E-state index contributed by atoms with van der Waals surface area (Å²) in [7, 11) is 0. The molecule has 0 saturated heterocycles. The molecule has 2 heterocycles. The van der Waals surface area contributed by atoms with Gasteiger partial charge >= 0.3 is 0 Å². The van der Waals surface area contributed by atoms with Gasteiger partial charge in [0.2, 0.25) is 11.8 Å². The summed E-state index contributed by atoms with van der Waals surface area (Å²) in [5.41, 5.74) is 0.731. The van der Waals surface area contributed by atoms with Crippen LogP contribution in [0.25, 0.3) is 0 Å². The van der Waals surface area contributed by atoms with Crippen LogP contribution in [0, 0.1) is 0 Å². The van der Waals surface area contributed by atoms with Gasteiger partial charge in [0, 0.05) is 38.2 Å². The van der Waals surface area contributed by atoms with E-state index < -0.39 is 6.10 Å². The highest BCUT2D eigenvalue weighted by atomic mass is 16.5. The van der Waals surface area contributed by atoms with Crippen molar-refractivity contribution in [3.63, 3.8) is 0 Å². The molecule has 1 amide bonds. The Morgan fingerprint density at radius 2 is 2.13 bits per heavy atom. The molecule has 0 fully saturated rings. The van der Waals surface area contributed by atoms with Crippen molar-refractivity contribution < 1.29 is 14.4 Å². The van der Waals surface area contributed by atoms with Crippen LogP contribution in [0.4, 0.5) is 0 Å². The maximum Gasteiger partial charge on any atom is 0.226 e. The van der Waals surface area contributed by atoms with E-state index >= 15 is 0 Å². The van der Waals surface area contributed by atoms with E-state index in [-0.39, 0.29) is 12.5 Å². The Kier molecular flexibility index (Phi) is 6.68. The number of amides is 1. The number of pyridine rings is 1. The largest absolute Gasteiger partial charge is 0.387 e. The first kappa shape index (κ1) is 17.1. The molecule has 2 aromatic heterocycles. The summed E-state index contributed by atoms with van der Waals surface area (Å²) in [6.45, 7) is 2.24. The molecule has 1 atom stereocenters. The van der Waals surface area contributed by atoms with Crippen LogP contribution in [-0.4, -0.2) is 32.7 Å². The van der Waals surface area contributed by atoms with Crippen molar-refractivity contribution in [3.05, 3.63) is 41.8 Å². The first-order valence-corrected chi connectivity index (χ1v) is 7.85. The molecule has 0 aliphatic heterocycles. The number of carbonyl (C=O) groups excluding carboxylic acids is 1. The molecule has 0 aromatic carbocycles. The van der Waals surface area contributed by atoms with Gasteiger partial charge < -0.3 is 14.9 Å². The molecule has 0 aliphatic rings. The molecule has 2 aromatic rings. The van der Waals surface area contributed by atoms with Crippen molar-refractivity contribution in [2.45, 2.75) is 45.1 Å². The van der Waals surface area contributed by atoms with Crippen LogP contribution >= 0.6 is 0 Å². The van der Waals surface area contributed by atoms with Gasteiger partial charge in [0.05, 0.1) is 6.10 Å². The van der Waals surface area contributed by atoms with Gasteiger partial charge in [0.15, 0.2) is 5.82 Å². The number of aryl methyl sites for hydroxylation is 2. The third kappa shape index (κ3) is 5.78. The van der Waals surface area contributed by atoms with Gasteiger partial charge in [-0.15, -0.1) is 0 Å². The van der Waals surface area contributed by atoms with Crippen LogP contribution < -0.4 is 5.32 Å². The zero-order valence-corrected chi connectivity index (χ0v) is 13.2. The van der Waals surface area contributed by atoms with E-state index in [4.69, 9.17) is 4.52 Å². The third-order valence-electron chi connectivity index (χ3n) is 3.36. The monoisotopic (exact) mass is 318 g/mol. The first-order chi connectivity index (χ1) is 11.2. The second kappa shape index (κ2) is 8.99. The first-order valence-electron chi connectivity index (χ1n) is 7.85. The fourth-order valence-corrected chi connectivity index (χ4v) is 2.12. The minimum atomic E-state index is -0.727. The second-order valence-electron chi connectivity index (χ2n) is 5.31. The number of hydrogen-bond acceptors (Lipinski definition) is 6. The smallest absolute Gasteiger partial charge is 0.226 e. The molecule has 0 unspecified atom stereocenters. The summed E-state index contributed by atoms with van der Waals surface area (Å²) < 4.78 is 5.12. The van der Waals surface area contributed by atoms with Crippen molar-refractivity contribution in [3.8, 4) is 0 Å². The number of rotatable bonds is 9. The molecule has 0 radical (unpaired) electrons. The summed E-state index contributed by atoms with van der Waals surface area (Å²) >= 11 is 0. The van der Waals surface area contributed by atoms with Crippen LogP contribution in [0.1, 0.15) is 49.6 Å². The predicted molar refractivity (Wildman–Crippen MR) is 83.4 cm³/mol. The Labute approximate surface area is 135 Å². The number of hydrogen-bond donors (Lipinski definition) is 2. The predicted octanol–water partition coefficient (Wildman–Crippen LogP) is 1.59. The van der Waals surface area contributed by atoms with Crippen LogP contribution in [0.15, 0.2) is 29.0 Å². The molecule has 0 saturated carbocycles. The molecule has 124 valence electrons. The molecular weight excluding hydrogens is 296 g/mol. The average Bonchev–Trinajstić information content (AvgIpc) is 3.01. The molecule has 2 N–H and O–H groups in total. The molecule has 2 rings (SSSR count). The lowest BCUT2D eigenvalue weighted by atomic mass is 10.1. The molecule has 23 heavy (non-hydrogen) atoms. The van der Waals surface area contributed by atoms with Gasteiger partial charge in [-0.25, -0.2) is 0 Å². The van der Waals surface area contributed by atoms with E-state index in [2.05, 4.69) is 27.4 Å². The lowest BCUT2D eigenvalue weighted by Gasteiger charge is -2.11. The third-order valence-corrected chi connectivity index (χ3v) is 3.36. The van der Waals surface area contributed by atoms with E-state index in [9.17, 15) is 9.90 Å². The fourth-order valence-electron chi connectivity index (χ4n) is 2.12. The molecule has 7 heteroatoms. The van der Waals surface area contributed by atoms with Gasteiger partial charge in [-0.2, -0.15) is 4.98 Å². The number of aliphatic hydroxyl groups is 1. The summed E-state index contributed by atoms with van der Waals surface area (Å²) in [4.78, 5) is 19.9. The van der Waals surface area contributed by atoms with Crippen molar-refractivity contribution in [2.75, 3.05) is 6.54 Å². The number of aliphatic hydroxyl groups excluding tert-OH is 1. The van der Waals surface area contributed by atoms with Gasteiger partial charge in [-0.1, -0.05) is 12.1 Å². The fraction of sp³-hybridized carbons (Fsp3) is 0.500. The Hall–Kier alpha value is -2.28. The zero-order chi connectivity index (χ0) is 16.5. The Morgan fingerprint density at radius 3 is 2.87 bits per heavy atom. The van der Waals surface area contributed by atoms with E-state index in [0.717, 1.165) is 18.4 Å². The Morgan fingerprint density at radius 1 is 1.35 bits per heavy atom. The molecule has 0 bridgehead atoms. The van der Waals surface area contributed by atoms with Gasteiger partial charge in [0.25, 0.3) is 0 Å². The van der Waals surface area contributed by atoms with Crippen LogP contribution in [-0.2, 0) is 17.6 Å². The van der Waals surface area contributed by atoms with Crippen LogP contribution in [0.5, 0.6) is 0 Å². The topological polar surface area (TPSA) is 101 Å². The van der Waals surface area contributed by atoms with E-state index in [1.54, 1.807) is 24.5 Å². The van der Waals surface area contributed by atoms with Gasteiger partial charge in [-0.05, 0) is 30.5 Å².